The van der Waals surface area contributed by atoms with Gasteiger partial charge in [-0.05, 0) is 6.42 Å². The highest BCUT2D eigenvalue weighted by molar-refractivity contribution is 7.80. The Morgan fingerprint density at radius 3 is 1.83 bits per heavy atom. The van der Waals surface area contributed by atoms with E-state index in [9.17, 15) is 9.00 Å². The summed E-state index contributed by atoms with van der Waals surface area (Å²) in [5.74, 6) is -1.17. The molecule has 0 rings (SSSR count). The van der Waals surface area contributed by atoms with Crippen molar-refractivity contribution in [3.63, 3.8) is 0 Å². The van der Waals surface area contributed by atoms with Crippen LogP contribution in [0.15, 0.2) is 0 Å². The summed E-state index contributed by atoms with van der Waals surface area (Å²) in [5, 5.41) is 7.60. The van der Waals surface area contributed by atoms with Crippen LogP contribution in [-0.2, 0) is 15.9 Å². The maximum atomic E-state index is 10.7. The molecule has 0 fully saturated rings. The highest BCUT2D eigenvalue weighted by Crippen LogP contribution is 2.13. The second kappa shape index (κ2) is 11.7. The summed E-state index contributed by atoms with van der Waals surface area (Å²) >= 11 is -2.25. The number of hydrogen-bond donors (Lipinski definition) is 2. The molecule has 108 valence electrons. The van der Waals surface area contributed by atoms with Crippen molar-refractivity contribution in [1.82, 2.24) is 0 Å². The predicted molar refractivity (Wildman–Crippen MR) is 74.0 cm³/mol. The highest BCUT2D eigenvalue weighted by Gasteiger charge is 2.22. The molecular formula is C13H26O4S. The van der Waals surface area contributed by atoms with Crippen molar-refractivity contribution in [2.24, 2.45) is 0 Å². The third-order valence-electron chi connectivity index (χ3n) is 3.09. The first-order chi connectivity index (χ1) is 8.59. The molecular weight excluding hydrogens is 252 g/mol. The van der Waals surface area contributed by atoms with E-state index >= 15 is 0 Å². The normalized spacial score (nSPS) is 14.3. The highest BCUT2D eigenvalue weighted by atomic mass is 32.2. The Bertz CT molecular complexity index is 229. The summed E-state index contributed by atoms with van der Waals surface area (Å²) in [6.45, 7) is 2.20. The summed E-state index contributed by atoms with van der Waals surface area (Å²) in [6, 6.07) is 0. The lowest BCUT2D eigenvalue weighted by Gasteiger charge is -2.07. The van der Waals surface area contributed by atoms with E-state index in [-0.39, 0.29) is 0 Å². The molecule has 0 aliphatic carbocycles. The molecule has 2 atom stereocenters. The van der Waals surface area contributed by atoms with Gasteiger partial charge in [0.25, 0.3) is 0 Å². The fraction of sp³-hybridized carbons (Fsp3) is 0.923. The van der Waals surface area contributed by atoms with Gasteiger partial charge in [0, 0.05) is 0 Å². The number of carbonyl (C=O) groups is 1. The standard InChI is InChI=1S/C13H26O4S/c1-2-3-4-5-6-7-8-9-10-11-12(13(14)15)18(16)17/h12H,2-11H2,1H3,(H,14,15)(H,16,17). The van der Waals surface area contributed by atoms with Gasteiger partial charge in [0.1, 0.15) is 0 Å². The van der Waals surface area contributed by atoms with Crippen LogP contribution in [0.25, 0.3) is 0 Å². The second-order valence-electron chi connectivity index (χ2n) is 4.72. The Morgan fingerprint density at radius 1 is 1.00 bits per heavy atom. The number of hydrogen-bond acceptors (Lipinski definition) is 2. The molecule has 0 heterocycles. The first-order valence-electron chi connectivity index (χ1n) is 6.92. The third-order valence-corrected chi connectivity index (χ3v) is 4.01. The molecule has 2 N–H and O–H groups in total. The maximum absolute atomic E-state index is 10.7. The summed E-state index contributed by atoms with van der Waals surface area (Å²) in [7, 11) is 0. The van der Waals surface area contributed by atoms with E-state index in [1.165, 1.54) is 38.5 Å². The van der Waals surface area contributed by atoms with Gasteiger partial charge in [0.05, 0.1) is 0 Å². The molecule has 0 saturated carbocycles. The van der Waals surface area contributed by atoms with Crippen molar-refractivity contribution in [1.29, 1.82) is 0 Å². The van der Waals surface area contributed by atoms with Gasteiger partial charge < -0.3 is 9.66 Å². The van der Waals surface area contributed by atoms with Crippen LogP contribution >= 0.6 is 0 Å². The predicted octanol–water partition coefficient (Wildman–Crippen LogP) is 3.58. The quantitative estimate of drug-likeness (QED) is 0.422. The van der Waals surface area contributed by atoms with E-state index in [2.05, 4.69) is 6.92 Å². The second-order valence-corrected chi connectivity index (χ2v) is 5.84. The lowest BCUT2D eigenvalue weighted by Crippen LogP contribution is -2.25. The van der Waals surface area contributed by atoms with E-state index in [1.54, 1.807) is 0 Å². The lowest BCUT2D eigenvalue weighted by atomic mass is 10.1. The smallest absolute Gasteiger partial charge is 0.321 e. The average molecular weight is 278 g/mol. The Hall–Kier alpha value is -0.420. The molecule has 0 aliphatic rings. The summed E-state index contributed by atoms with van der Waals surface area (Å²) in [5.41, 5.74) is 0. The molecule has 0 amide bonds. The summed E-state index contributed by atoms with van der Waals surface area (Å²) in [4.78, 5) is 10.7. The van der Waals surface area contributed by atoms with Gasteiger partial charge in [0.15, 0.2) is 16.3 Å². The molecule has 18 heavy (non-hydrogen) atoms. The Kier molecular flexibility index (Phi) is 11.4. The van der Waals surface area contributed by atoms with Crippen molar-refractivity contribution in [3.05, 3.63) is 0 Å². The van der Waals surface area contributed by atoms with Crippen LogP contribution < -0.4 is 0 Å². The average Bonchev–Trinajstić information content (AvgIpc) is 2.30. The fourth-order valence-corrected chi connectivity index (χ4v) is 2.49. The number of carboxylic acid groups (broad SMARTS) is 1. The zero-order valence-corrected chi connectivity index (χ0v) is 12.1. The maximum Gasteiger partial charge on any atom is 0.321 e. The van der Waals surface area contributed by atoms with Gasteiger partial charge in [-0.2, -0.15) is 0 Å². The molecule has 0 spiro atoms. The molecule has 0 aromatic carbocycles. The third kappa shape index (κ3) is 9.59. The Balaban J connectivity index is 3.39. The SMILES string of the molecule is CCCCCCCCCCCC(C(=O)O)S(=O)O. The molecule has 4 nitrogen and oxygen atoms in total. The first-order valence-corrected chi connectivity index (χ1v) is 8.09. The first kappa shape index (κ1) is 17.6. The van der Waals surface area contributed by atoms with E-state index in [0.717, 1.165) is 19.3 Å². The van der Waals surface area contributed by atoms with Gasteiger partial charge in [-0.3, -0.25) is 4.79 Å². The lowest BCUT2D eigenvalue weighted by molar-refractivity contribution is -0.136. The van der Waals surface area contributed by atoms with Crippen LogP contribution in [0.2, 0.25) is 0 Å². The largest absolute Gasteiger partial charge is 0.480 e. The zero-order chi connectivity index (χ0) is 13.8. The van der Waals surface area contributed by atoms with E-state index in [0.29, 0.717) is 6.42 Å². The van der Waals surface area contributed by atoms with Crippen molar-refractivity contribution in [3.8, 4) is 0 Å². The van der Waals surface area contributed by atoms with Crippen LogP contribution in [0.1, 0.15) is 71.1 Å². The van der Waals surface area contributed by atoms with Crippen LogP contribution in [0.5, 0.6) is 0 Å². The van der Waals surface area contributed by atoms with Crippen molar-refractivity contribution >= 4 is 17.0 Å². The Labute approximate surface area is 112 Å². The number of rotatable bonds is 12. The molecule has 5 heteroatoms. The van der Waals surface area contributed by atoms with Gasteiger partial charge in [-0.1, -0.05) is 64.7 Å². The fourth-order valence-electron chi connectivity index (χ4n) is 1.95. The Morgan fingerprint density at radius 2 is 1.44 bits per heavy atom. The molecule has 0 aromatic rings. The van der Waals surface area contributed by atoms with Gasteiger partial charge >= 0.3 is 5.97 Å². The van der Waals surface area contributed by atoms with Gasteiger partial charge in [-0.15, -0.1) is 0 Å². The monoisotopic (exact) mass is 278 g/mol. The van der Waals surface area contributed by atoms with E-state index in [1.807, 2.05) is 0 Å². The molecule has 0 aliphatic heterocycles. The minimum atomic E-state index is -2.25. The van der Waals surface area contributed by atoms with Crippen LogP contribution in [-0.4, -0.2) is 25.1 Å². The molecule has 0 aromatic heterocycles. The van der Waals surface area contributed by atoms with Crippen molar-refractivity contribution in [2.75, 3.05) is 0 Å². The van der Waals surface area contributed by atoms with Gasteiger partial charge in [-0.25, -0.2) is 4.21 Å². The molecule has 2 unspecified atom stereocenters. The number of carboxylic acids is 1. The molecule has 0 bridgehead atoms. The number of unbranched alkanes of at least 4 members (excludes halogenated alkanes) is 8. The van der Waals surface area contributed by atoms with Crippen molar-refractivity contribution < 1.29 is 18.7 Å². The van der Waals surface area contributed by atoms with Crippen LogP contribution in [0, 0.1) is 0 Å². The van der Waals surface area contributed by atoms with E-state index < -0.39 is 22.3 Å². The van der Waals surface area contributed by atoms with Crippen LogP contribution in [0.4, 0.5) is 0 Å². The molecule has 0 radical (unpaired) electrons. The van der Waals surface area contributed by atoms with Gasteiger partial charge in [0.2, 0.25) is 0 Å². The minimum absolute atomic E-state index is 0.300. The zero-order valence-electron chi connectivity index (χ0n) is 11.3. The summed E-state index contributed by atoms with van der Waals surface area (Å²) in [6.07, 6.45) is 10.7. The molecule has 0 saturated heterocycles. The number of aliphatic carboxylic acids is 1. The summed E-state index contributed by atoms with van der Waals surface area (Å²) < 4.78 is 19.5. The van der Waals surface area contributed by atoms with Crippen molar-refractivity contribution in [2.45, 2.75) is 76.4 Å². The topological polar surface area (TPSA) is 74.6 Å². The minimum Gasteiger partial charge on any atom is -0.480 e. The van der Waals surface area contributed by atoms with E-state index in [4.69, 9.17) is 9.66 Å². The van der Waals surface area contributed by atoms with Crippen LogP contribution in [0.3, 0.4) is 0 Å².